The highest BCUT2D eigenvalue weighted by atomic mass is 16.6. The number of phenolic OH excluding ortho intramolecular Hbond substituents is 3. The molecule has 0 radical (unpaired) electrons. The van der Waals surface area contributed by atoms with E-state index in [1.54, 1.807) is 0 Å². The summed E-state index contributed by atoms with van der Waals surface area (Å²) in [5.74, 6) is -2.77. The number of para-hydroxylation sites is 1. The van der Waals surface area contributed by atoms with Crippen LogP contribution in [0.2, 0.25) is 0 Å². The van der Waals surface area contributed by atoms with Crippen molar-refractivity contribution in [2.24, 2.45) is 0 Å². The van der Waals surface area contributed by atoms with Crippen LogP contribution in [0, 0.1) is 10.1 Å². The van der Waals surface area contributed by atoms with E-state index in [2.05, 4.69) is 5.32 Å². The summed E-state index contributed by atoms with van der Waals surface area (Å²) in [6, 6.07) is 10.1. The minimum Gasteiger partial charge on any atom is -0.507 e. The lowest BCUT2D eigenvalue weighted by molar-refractivity contribution is -0.386. The van der Waals surface area contributed by atoms with Crippen molar-refractivity contribution in [2.75, 3.05) is 13.2 Å². The van der Waals surface area contributed by atoms with Crippen LogP contribution in [0.4, 0.5) is 5.69 Å². The largest absolute Gasteiger partial charge is 0.507 e. The number of nitrogens with one attached hydrogen (secondary N) is 1. The molecule has 0 bridgehead atoms. The van der Waals surface area contributed by atoms with Gasteiger partial charge in [0.25, 0.3) is 5.91 Å². The van der Waals surface area contributed by atoms with Gasteiger partial charge in [-0.1, -0.05) is 31.0 Å². The number of hydrogen-bond acceptors (Lipinski definition) is 7. The van der Waals surface area contributed by atoms with Crippen LogP contribution in [0.15, 0.2) is 36.4 Å². The first-order valence-electron chi connectivity index (χ1n) is 8.80. The molecular weight excluding hydrogens is 368 g/mol. The van der Waals surface area contributed by atoms with Crippen LogP contribution in [-0.2, 0) is 0 Å². The number of carbonyl (C=O) groups is 1. The maximum absolute atomic E-state index is 12.1. The summed E-state index contributed by atoms with van der Waals surface area (Å²) in [6.45, 7) is 0.862. The van der Waals surface area contributed by atoms with Gasteiger partial charge in [-0.2, -0.15) is 0 Å². The third-order valence-corrected chi connectivity index (χ3v) is 4.01. The van der Waals surface area contributed by atoms with Crippen LogP contribution in [0.25, 0.3) is 0 Å². The second-order valence-electron chi connectivity index (χ2n) is 6.08. The Hall–Kier alpha value is -3.49. The molecule has 150 valence electrons. The number of nitrogens with zero attached hydrogens (tertiary/aromatic N) is 1. The van der Waals surface area contributed by atoms with Crippen molar-refractivity contribution in [3.8, 4) is 23.0 Å². The fourth-order valence-electron chi connectivity index (χ4n) is 2.61. The molecular formula is C19H22N2O7. The molecule has 0 unspecified atom stereocenters. The van der Waals surface area contributed by atoms with Gasteiger partial charge in [0.15, 0.2) is 0 Å². The van der Waals surface area contributed by atoms with Crippen LogP contribution >= 0.6 is 0 Å². The summed E-state index contributed by atoms with van der Waals surface area (Å²) in [7, 11) is 0. The molecule has 4 N–H and O–H groups in total. The number of ether oxygens (including phenoxy) is 1. The SMILES string of the molecule is O=C(NCCCCCCOc1ccccc1)c1c(O)cc(O)c([N+](=O)[O-])c1O. The first-order chi connectivity index (χ1) is 13.4. The van der Waals surface area contributed by atoms with E-state index in [0.29, 0.717) is 19.1 Å². The molecule has 2 rings (SSSR count). The standard InChI is InChI=1S/C19H22N2O7/c22-14-12-15(23)17(21(26)27)18(24)16(14)19(25)20-10-6-1-2-7-11-28-13-8-4-3-5-9-13/h3-5,8-9,12,22-24H,1-2,6-7,10-11H2,(H,20,25). The summed E-state index contributed by atoms with van der Waals surface area (Å²) in [5.41, 5.74) is -1.66. The highest BCUT2D eigenvalue weighted by molar-refractivity contribution is 6.01. The smallest absolute Gasteiger partial charge is 0.353 e. The van der Waals surface area contributed by atoms with E-state index in [1.807, 2.05) is 30.3 Å². The molecule has 1 amide bonds. The van der Waals surface area contributed by atoms with Gasteiger partial charge < -0.3 is 25.4 Å². The third kappa shape index (κ3) is 5.50. The summed E-state index contributed by atoms with van der Waals surface area (Å²) >= 11 is 0. The maximum Gasteiger partial charge on any atom is 0.353 e. The molecule has 0 heterocycles. The fraction of sp³-hybridized carbons (Fsp3) is 0.316. The molecule has 0 aliphatic carbocycles. The predicted molar refractivity (Wildman–Crippen MR) is 101 cm³/mol. The van der Waals surface area contributed by atoms with E-state index >= 15 is 0 Å². The number of amides is 1. The molecule has 28 heavy (non-hydrogen) atoms. The summed E-state index contributed by atoms with van der Waals surface area (Å²) < 4.78 is 5.57. The van der Waals surface area contributed by atoms with E-state index in [1.165, 1.54) is 0 Å². The molecule has 0 atom stereocenters. The van der Waals surface area contributed by atoms with Gasteiger partial charge in [0.2, 0.25) is 11.5 Å². The van der Waals surface area contributed by atoms with E-state index in [-0.39, 0.29) is 6.54 Å². The fourth-order valence-corrected chi connectivity index (χ4v) is 2.61. The lowest BCUT2D eigenvalue weighted by atomic mass is 10.1. The molecule has 0 aliphatic heterocycles. The minimum atomic E-state index is -1.07. The molecule has 9 nitrogen and oxygen atoms in total. The summed E-state index contributed by atoms with van der Waals surface area (Å²) in [4.78, 5) is 21.9. The summed E-state index contributed by atoms with van der Waals surface area (Å²) in [6.07, 6.45) is 3.23. The van der Waals surface area contributed by atoms with Gasteiger partial charge in [-0.25, -0.2) is 0 Å². The zero-order valence-electron chi connectivity index (χ0n) is 15.1. The van der Waals surface area contributed by atoms with Crippen molar-refractivity contribution in [3.63, 3.8) is 0 Å². The topological polar surface area (TPSA) is 142 Å². The Morgan fingerprint density at radius 2 is 1.71 bits per heavy atom. The molecule has 0 saturated heterocycles. The Kier molecular flexibility index (Phi) is 7.44. The average Bonchev–Trinajstić information content (AvgIpc) is 2.64. The zero-order chi connectivity index (χ0) is 20.5. The van der Waals surface area contributed by atoms with Crippen molar-refractivity contribution >= 4 is 11.6 Å². The number of unbranched alkanes of at least 4 members (excludes halogenated alkanes) is 3. The molecule has 2 aromatic rings. The molecule has 0 fully saturated rings. The highest BCUT2D eigenvalue weighted by Gasteiger charge is 2.29. The van der Waals surface area contributed by atoms with Gasteiger partial charge in [-0.05, 0) is 25.0 Å². The van der Waals surface area contributed by atoms with Crippen molar-refractivity contribution in [3.05, 3.63) is 52.1 Å². The number of carbonyl (C=O) groups excluding carboxylic acids is 1. The normalized spacial score (nSPS) is 10.4. The monoisotopic (exact) mass is 390 g/mol. The number of hydrogen-bond donors (Lipinski definition) is 4. The van der Waals surface area contributed by atoms with E-state index in [4.69, 9.17) is 4.74 Å². The van der Waals surface area contributed by atoms with Gasteiger partial charge in [0, 0.05) is 12.6 Å². The number of nitro groups is 1. The number of aromatic hydroxyl groups is 3. The van der Waals surface area contributed by atoms with Crippen molar-refractivity contribution in [2.45, 2.75) is 25.7 Å². The quantitative estimate of drug-likeness (QED) is 0.277. The number of benzene rings is 2. The minimum absolute atomic E-state index is 0.270. The average molecular weight is 390 g/mol. The Morgan fingerprint density at radius 1 is 1.04 bits per heavy atom. The highest BCUT2D eigenvalue weighted by Crippen LogP contribution is 2.42. The van der Waals surface area contributed by atoms with Gasteiger partial charge >= 0.3 is 5.69 Å². The Bertz CT molecular complexity index is 825. The van der Waals surface area contributed by atoms with Gasteiger partial charge in [0.1, 0.15) is 17.1 Å². The number of rotatable bonds is 10. The first kappa shape index (κ1) is 20.8. The Labute approximate surface area is 161 Å². The van der Waals surface area contributed by atoms with Crippen LogP contribution in [0.1, 0.15) is 36.0 Å². The van der Waals surface area contributed by atoms with Gasteiger partial charge in [-0.3, -0.25) is 14.9 Å². The van der Waals surface area contributed by atoms with Crippen LogP contribution in [-0.4, -0.2) is 39.3 Å². The molecule has 2 aromatic carbocycles. The van der Waals surface area contributed by atoms with Crippen LogP contribution in [0.3, 0.4) is 0 Å². The molecule has 0 aliphatic rings. The van der Waals surface area contributed by atoms with Crippen LogP contribution in [0.5, 0.6) is 23.0 Å². The molecule has 0 aromatic heterocycles. The lowest BCUT2D eigenvalue weighted by Gasteiger charge is -2.10. The molecule has 9 heteroatoms. The summed E-state index contributed by atoms with van der Waals surface area (Å²) in [5, 5.41) is 42.4. The molecule has 0 spiro atoms. The Morgan fingerprint density at radius 3 is 2.39 bits per heavy atom. The predicted octanol–water partition coefficient (Wildman–Crippen LogP) is 3.08. The lowest BCUT2D eigenvalue weighted by Crippen LogP contribution is -2.24. The number of nitro benzene ring substituents is 1. The third-order valence-electron chi connectivity index (χ3n) is 4.01. The maximum atomic E-state index is 12.1. The first-order valence-corrected chi connectivity index (χ1v) is 8.80. The van der Waals surface area contributed by atoms with Crippen LogP contribution < -0.4 is 10.1 Å². The number of phenols is 3. The van der Waals surface area contributed by atoms with Crippen molar-refractivity contribution in [1.82, 2.24) is 5.32 Å². The zero-order valence-corrected chi connectivity index (χ0v) is 15.1. The van der Waals surface area contributed by atoms with E-state index < -0.39 is 39.3 Å². The van der Waals surface area contributed by atoms with Crippen molar-refractivity contribution < 1.29 is 29.8 Å². The Balaban J connectivity index is 1.73. The van der Waals surface area contributed by atoms with Gasteiger partial charge in [-0.15, -0.1) is 0 Å². The van der Waals surface area contributed by atoms with E-state index in [9.17, 15) is 30.2 Å². The van der Waals surface area contributed by atoms with Gasteiger partial charge in [0.05, 0.1) is 11.5 Å². The second kappa shape index (κ2) is 10.0. The second-order valence-corrected chi connectivity index (χ2v) is 6.08. The van der Waals surface area contributed by atoms with Crippen molar-refractivity contribution in [1.29, 1.82) is 0 Å². The van der Waals surface area contributed by atoms with E-state index in [0.717, 1.165) is 25.0 Å². The molecule has 0 saturated carbocycles.